The molecule has 0 aliphatic carbocycles. The van der Waals surface area contributed by atoms with Crippen molar-refractivity contribution in [2.45, 2.75) is 39.7 Å². The van der Waals surface area contributed by atoms with Gasteiger partial charge in [-0.2, -0.15) is 0 Å². The number of amides is 2. The monoisotopic (exact) mass is 423 g/mol. The molecule has 0 bridgehead atoms. The average Bonchev–Trinajstić information content (AvgIpc) is 2.73. The van der Waals surface area contributed by atoms with Crippen LogP contribution in [0.25, 0.3) is 0 Å². The Morgan fingerprint density at radius 3 is 2.55 bits per heavy atom. The first-order valence-electron chi connectivity index (χ1n) is 10.6. The third-order valence-corrected chi connectivity index (χ3v) is 5.04. The number of hydrogen-bond acceptors (Lipinski definition) is 5. The number of fused-ring (bicyclic) bond motifs is 1. The highest BCUT2D eigenvalue weighted by molar-refractivity contribution is 6.03. The molecule has 2 aromatic carbocycles. The summed E-state index contributed by atoms with van der Waals surface area (Å²) in [7, 11) is 0. The van der Waals surface area contributed by atoms with Gasteiger partial charge in [-0.1, -0.05) is 18.2 Å². The number of carbonyl (C=O) groups excluding carboxylic acids is 3. The van der Waals surface area contributed by atoms with Crippen molar-refractivity contribution in [1.82, 2.24) is 5.32 Å². The molecule has 7 nitrogen and oxygen atoms in total. The molecule has 3 rings (SSSR count). The Bertz CT molecular complexity index is 971. The number of para-hydroxylation sites is 1. The van der Waals surface area contributed by atoms with Crippen molar-refractivity contribution in [2.75, 3.05) is 29.9 Å². The summed E-state index contributed by atoms with van der Waals surface area (Å²) in [5.74, 6) is -0.800. The molecule has 1 heterocycles. The third kappa shape index (κ3) is 5.42. The summed E-state index contributed by atoms with van der Waals surface area (Å²) in [6.45, 7) is 6.70. The SMILES string of the molecule is CCOC(=O)c1ccccc1NC(=O)CN1CCCc2c(C(=O)NC(C)C)cccc21. The quantitative estimate of drug-likeness (QED) is 0.667. The molecule has 31 heavy (non-hydrogen) atoms. The van der Waals surface area contributed by atoms with Gasteiger partial charge in [0.25, 0.3) is 5.91 Å². The molecule has 0 radical (unpaired) electrons. The summed E-state index contributed by atoms with van der Waals surface area (Å²) in [6.07, 6.45) is 1.65. The first kappa shape index (κ1) is 22.3. The van der Waals surface area contributed by atoms with Gasteiger partial charge in [0.2, 0.25) is 5.91 Å². The van der Waals surface area contributed by atoms with Crippen molar-refractivity contribution < 1.29 is 19.1 Å². The van der Waals surface area contributed by atoms with E-state index < -0.39 is 5.97 Å². The minimum Gasteiger partial charge on any atom is -0.462 e. The lowest BCUT2D eigenvalue weighted by Gasteiger charge is -2.32. The zero-order valence-electron chi connectivity index (χ0n) is 18.2. The molecule has 0 fully saturated rings. The Kier molecular flexibility index (Phi) is 7.28. The molecule has 0 aromatic heterocycles. The summed E-state index contributed by atoms with van der Waals surface area (Å²) in [4.78, 5) is 39.5. The standard InChI is InChI=1S/C24H29N3O4/c1-4-31-24(30)19-9-5-6-12-20(19)26-22(28)15-27-14-8-11-17-18(10-7-13-21(17)27)23(29)25-16(2)3/h5-7,9-10,12-13,16H,4,8,11,14-15H2,1-3H3,(H,25,29)(H,26,28). The number of carbonyl (C=O) groups is 3. The average molecular weight is 424 g/mol. The molecule has 0 unspecified atom stereocenters. The van der Waals surface area contributed by atoms with Crippen molar-refractivity contribution in [1.29, 1.82) is 0 Å². The molecule has 1 aliphatic heterocycles. The van der Waals surface area contributed by atoms with Gasteiger partial charge in [0.15, 0.2) is 0 Å². The highest BCUT2D eigenvalue weighted by Gasteiger charge is 2.24. The zero-order chi connectivity index (χ0) is 22.4. The Morgan fingerprint density at radius 2 is 1.81 bits per heavy atom. The zero-order valence-corrected chi connectivity index (χ0v) is 18.2. The van der Waals surface area contributed by atoms with Gasteiger partial charge in [0, 0.05) is 23.8 Å². The molecule has 0 spiro atoms. The first-order valence-corrected chi connectivity index (χ1v) is 10.6. The lowest BCUT2D eigenvalue weighted by atomic mass is 9.95. The smallest absolute Gasteiger partial charge is 0.340 e. The molecule has 0 saturated heterocycles. The summed E-state index contributed by atoms with van der Waals surface area (Å²) >= 11 is 0. The number of anilines is 2. The van der Waals surface area contributed by atoms with E-state index in [-0.39, 0.29) is 31.0 Å². The van der Waals surface area contributed by atoms with E-state index in [1.807, 2.05) is 36.9 Å². The minimum absolute atomic E-state index is 0.0493. The van der Waals surface area contributed by atoms with Crippen molar-refractivity contribution in [3.05, 3.63) is 59.2 Å². The second-order valence-electron chi connectivity index (χ2n) is 7.77. The number of nitrogens with one attached hydrogen (secondary N) is 2. The molecule has 1 aliphatic rings. The van der Waals surface area contributed by atoms with E-state index in [0.717, 1.165) is 30.6 Å². The van der Waals surface area contributed by atoms with Crippen LogP contribution in [0.1, 0.15) is 53.5 Å². The van der Waals surface area contributed by atoms with Gasteiger partial charge < -0.3 is 20.3 Å². The number of rotatable bonds is 7. The summed E-state index contributed by atoms with van der Waals surface area (Å²) in [6, 6.07) is 12.5. The van der Waals surface area contributed by atoms with Gasteiger partial charge in [-0.05, 0) is 63.4 Å². The van der Waals surface area contributed by atoms with Gasteiger partial charge >= 0.3 is 5.97 Å². The van der Waals surface area contributed by atoms with Crippen LogP contribution in [0.5, 0.6) is 0 Å². The summed E-state index contributed by atoms with van der Waals surface area (Å²) in [5, 5.41) is 5.77. The molecule has 0 atom stereocenters. The van der Waals surface area contributed by atoms with Gasteiger partial charge in [0.05, 0.1) is 24.4 Å². The number of hydrogen-bond donors (Lipinski definition) is 2. The van der Waals surface area contributed by atoms with Crippen LogP contribution >= 0.6 is 0 Å². The molecular formula is C24H29N3O4. The first-order chi connectivity index (χ1) is 14.9. The van der Waals surface area contributed by atoms with Crippen LogP contribution in [-0.2, 0) is 16.0 Å². The second-order valence-corrected chi connectivity index (χ2v) is 7.77. The molecule has 2 amide bonds. The van der Waals surface area contributed by atoms with Crippen LogP contribution < -0.4 is 15.5 Å². The number of esters is 1. The summed E-state index contributed by atoms with van der Waals surface area (Å²) < 4.78 is 5.07. The normalized spacial score (nSPS) is 12.8. The highest BCUT2D eigenvalue weighted by Crippen LogP contribution is 2.30. The third-order valence-electron chi connectivity index (χ3n) is 5.04. The van der Waals surface area contributed by atoms with Gasteiger partial charge in [0.1, 0.15) is 0 Å². The maximum Gasteiger partial charge on any atom is 0.340 e. The van der Waals surface area contributed by atoms with E-state index in [0.29, 0.717) is 16.8 Å². The van der Waals surface area contributed by atoms with Crippen LogP contribution in [0.2, 0.25) is 0 Å². The van der Waals surface area contributed by atoms with E-state index in [2.05, 4.69) is 10.6 Å². The predicted molar refractivity (Wildman–Crippen MR) is 121 cm³/mol. The lowest BCUT2D eigenvalue weighted by molar-refractivity contribution is -0.115. The molecule has 2 N–H and O–H groups in total. The molecule has 2 aromatic rings. The fourth-order valence-corrected chi connectivity index (χ4v) is 3.76. The van der Waals surface area contributed by atoms with Gasteiger partial charge in [-0.25, -0.2) is 4.79 Å². The molecule has 164 valence electrons. The van der Waals surface area contributed by atoms with Crippen molar-refractivity contribution in [3.8, 4) is 0 Å². The molecular weight excluding hydrogens is 394 g/mol. The maximum absolute atomic E-state index is 12.8. The van der Waals surface area contributed by atoms with Gasteiger partial charge in [-0.15, -0.1) is 0 Å². The van der Waals surface area contributed by atoms with E-state index in [1.54, 1.807) is 31.2 Å². The second kappa shape index (κ2) is 10.1. The van der Waals surface area contributed by atoms with Crippen LogP contribution in [0.15, 0.2) is 42.5 Å². The van der Waals surface area contributed by atoms with Crippen molar-refractivity contribution in [3.63, 3.8) is 0 Å². The largest absolute Gasteiger partial charge is 0.462 e. The van der Waals surface area contributed by atoms with Gasteiger partial charge in [-0.3, -0.25) is 9.59 Å². The van der Waals surface area contributed by atoms with Crippen molar-refractivity contribution >= 4 is 29.2 Å². The molecule has 0 saturated carbocycles. The Morgan fingerprint density at radius 1 is 1.06 bits per heavy atom. The lowest BCUT2D eigenvalue weighted by Crippen LogP contribution is -2.38. The fourth-order valence-electron chi connectivity index (χ4n) is 3.76. The maximum atomic E-state index is 12.8. The number of benzene rings is 2. The van der Waals surface area contributed by atoms with E-state index in [4.69, 9.17) is 4.74 Å². The Labute approximate surface area is 182 Å². The Balaban J connectivity index is 1.77. The molecule has 7 heteroatoms. The predicted octanol–water partition coefficient (Wildman–Crippen LogP) is 3.39. The van der Waals surface area contributed by atoms with E-state index >= 15 is 0 Å². The topological polar surface area (TPSA) is 87.7 Å². The van der Waals surface area contributed by atoms with Crippen LogP contribution in [0.4, 0.5) is 11.4 Å². The van der Waals surface area contributed by atoms with E-state index in [9.17, 15) is 14.4 Å². The minimum atomic E-state index is -0.470. The summed E-state index contributed by atoms with van der Waals surface area (Å²) in [5.41, 5.74) is 3.27. The fraction of sp³-hybridized carbons (Fsp3) is 0.375. The van der Waals surface area contributed by atoms with Crippen LogP contribution in [0, 0.1) is 0 Å². The highest BCUT2D eigenvalue weighted by atomic mass is 16.5. The number of ether oxygens (including phenoxy) is 1. The number of nitrogens with zero attached hydrogens (tertiary/aromatic N) is 1. The Hall–Kier alpha value is -3.35. The van der Waals surface area contributed by atoms with E-state index in [1.165, 1.54) is 0 Å². The van der Waals surface area contributed by atoms with Crippen LogP contribution in [0.3, 0.4) is 0 Å². The van der Waals surface area contributed by atoms with Crippen molar-refractivity contribution in [2.24, 2.45) is 0 Å². The van der Waals surface area contributed by atoms with Crippen LogP contribution in [-0.4, -0.2) is 43.5 Å².